The molecular weight excluding hydrogens is 236 g/mol. The molecule has 0 unspecified atom stereocenters. The number of hydrogen-bond acceptors (Lipinski definition) is 4. The average molecular weight is 257 g/mol. The molecule has 0 heterocycles. The summed E-state index contributed by atoms with van der Waals surface area (Å²) in [6.07, 6.45) is 0. The second kappa shape index (κ2) is 13.4. The van der Waals surface area contributed by atoms with Crippen LogP contribution in [0.1, 0.15) is 13.8 Å². The van der Waals surface area contributed by atoms with E-state index in [2.05, 4.69) is 37.4 Å². The van der Waals surface area contributed by atoms with Gasteiger partial charge in [0.25, 0.3) is 0 Å². The van der Waals surface area contributed by atoms with Gasteiger partial charge in [0.1, 0.15) is 0 Å². The Kier molecular flexibility index (Phi) is 14.8. The molecule has 13 heavy (non-hydrogen) atoms. The highest BCUT2D eigenvalue weighted by atomic mass is 32.2. The monoisotopic (exact) mass is 256 g/mol. The van der Waals surface area contributed by atoms with Crippen molar-refractivity contribution in [2.45, 2.75) is 13.8 Å². The Hall–Kier alpha value is 1.40. The summed E-state index contributed by atoms with van der Waals surface area (Å²) >= 11 is 8.26. The van der Waals surface area contributed by atoms with Gasteiger partial charge in [0.15, 0.2) is 0 Å². The minimum Gasteiger partial charge on any atom is -0.161 e. The lowest BCUT2D eigenvalue weighted by Crippen LogP contribution is -1.88. The molecule has 0 rings (SSSR count). The second-order valence-electron chi connectivity index (χ2n) is 2.33. The summed E-state index contributed by atoms with van der Waals surface area (Å²) < 4.78 is 0. The van der Waals surface area contributed by atoms with Gasteiger partial charge in [-0.25, -0.2) is 0 Å². The lowest BCUT2D eigenvalue weighted by molar-refractivity contribution is 1.47. The Morgan fingerprint density at radius 3 is 1.38 bits per heavy atom. The van der Waals surface area contributed by atoms with E-state index >= 15 is 0 Å². The highest BCUT2D eigenvalue weighted by molar-refractivity contribution is 8.16. The van der Waals surface area contributed by atoms with Gasteiger partial charge in [-0.3, -0.25) is 0 Å². The van der Waals surface area contributed by atoms with Crippen molar-refractivity contribution in [3.8, 4) is 0 Å². The van der Waals surface area contributed by atoms with Crippen LogP contribution in [0.5, 0.6) is 0 Å². The molecule has 0 nitrogen and oxygen atoms in total. The van der Waals surface area contributed by atoms with E-state index in [0.717, 1.165) is 0 Å². The quantitative estimate of drug-likeness (QED) is 0.429. The van der Waals surface area contributed by atoms with Gasteiger partial charge in [-0.1, -0.05) is 13.8 Å². The van der Waals surface area contributed by atoms with E-state index in [1.165, 1.54) is 39.6 Å². The maximum atomic E-state index is 2.23. The molecule has 0 aromatic heterocycles. The highest BCUT2D eigenvalue weighted by Crippen LogP contribution is 2.15. The summed E-state index contributed by atoms with van der Waals surface area (Å²) in [5.41, 5.74) is 0. The molecule has 0 aromatic rings. The van der Waals surface area contributed by atoms with E-state index in [0.29, 0.717) is 0 Å². The summed E-state index contributed by atoms with van der Waals surface area (Å²) in [6.45, 7) is 4.46. The lowest BCUT2D eigenvalue weighted by atomic mass is 10.9. The van der Waals surface area contributed by atoms with Gasteiger partial charge in [0, 0.05) is 28.1 Å². The largest absolute Gasteiger partial charge is 0.161 e. The molecule has 4 heteroatoms. The Labute approximate surface area is 100 Å². The first-order valence-electron chi connectivity index (χ1n) is 4.72. The van der Waals surface area contributed by atoms with Crippen molar-refractivity contribution in [3.63, 3.8) is 0 Å². The van der Waals surface area contributed by atoms with E-state index in [9.17, 15) is 0 Å². The SMILES string of the molecule is CCSCCSCSCCSCC. The average Bonchev–Trinajstić information content (AvgIpc) is 2.16. The van der Waals surface area contributed by atoms with Crippen molar-refractivity contribution in [1.29, 1.82) is 0 Å². The number of thioether (sulfide) groups is 4. The molecule has 0 aliphatic carbocycles. The molecule has 0 amide bonds. The third-order valence-electron chi connectivity index (χ3n) is 1.32. The maximum absolute atomic E-state index is 2.23. The number of rotatable bonds is 10. The van der Waals surface area contributed by atoms with Crippen LogP contribution >= 0.6 is 47.0 Å². The molecule has 0 fully saturated rings. The van der Waals surface area contributed by atoms with Gasteiger partial charge in [-0.05, 0) is 11.5 Å². The van der Waals surface area contributed by atoms with Crippen molar-refractivity contribution < 1.29 is 0 Å². The van der Waals surface area contributed by atoms with Gasteiger partial charge in [0.2, 0.25) is 0 Å². The predicted molar refractivity (Wildman–Crippen MR) is 75.8 cm³/mol. The molecule has 0 atom stereocenters. The molecule has 0 aliphatic heterocycles. The Morgan fingerprint density at radius 1 is 0.615 bits per heavy atom. The summed E-state index contributed by atoms with van der Waals surface area (Å²) in [7, 11) is 0. The fourth-order valence-electron chi connectivity index (χ4n) is 0.701. The predicted octanol–water partition coefficient (Wildman–Crippen LogP) is 3.92. The van der Waals surface area contributed by atoms with Crippen LogP contribution in [0, 0.1) is 0 Å². The zero-order valence-electron chi connectivity index (χ0n) is 8.58. The normalized spacial score (nSPS) is 10.6. The Bertz CT molecular complexity index is 77.7. The van der Waals surface area contributed by atoms with E-state index in [1.807, 2.05) is 23.5 Å². The Morgan fingerprint density at radius 2 is 1.00 bits per heavy atom. The van der Waals surface area contributed by atoms with Crippen molar-refractivity contribution >= 4 is 47.0 Å². The number of hydrogen-bond donors (Lipinski definition) is 0. The zero-order chi connectivity index (χ0) is 9.78. The molecular formula is C9H20S4. The van der Waals surface area contributed by atoms with Gasteiger partial charge >= 0.3 is 0 Å². The summed E-state index contributed by atoms with van der Waals surface area (Å²) in [4.78, 5) is 0. The van der Waals surface area contributed by atoms with Gasteiger partial charge in [-0.15, -0.1) is 0 Å². The van der Waals surface area contributed by atoms with Crippen molar-refractivity contribution in [2.24, 2.45) is 0 Å². The van der Waals surface area contributed by atoms with E-state index in [4.69, 9.17) is 0 Å². The highest BCUT2D eigenvalue weighted by Gasteiger charge is 1.91. The first-order valence-corrected chi connectivity index (χ1v) is 9.34. The van der Waals surface area contributed by atoms with E-state index in [1.54, 1.807) is 0 Å². The molecule has 0 saturated heterocycles. The molecule has 0 spiro atoms. The van der Waals surface area contributed by atoms with Crippen LogP contribution in [0.2, 0.25) is 0 Å². The molecule has 0 aliphatic rings. The van der Waals surface area contributed by atoms with Crippen LogP contribution in [0.4, 0.5) is 0 Å². The lowest BCUT2D eigenvalue weighted by Gasteiger charge is -2.00. The minimum absolute atomic E-state index is 1.26. The van der Waals surface area contributed by atoms with Crippen LogP contribution in [0.15, 0.2) is 0 Å². The van der Waals surface area contributed by atoms with Crippen molar-refractivity contribution in [1.82, 2.24) is 0 Å². The second-order valence-corrected chi connectivity index (χ2v) is 7.69. The van der Waals surface area contributed by atoms with E-state index in [-0.39, 0.29) is 0 Å². The standard InChI is InChI=1S/C9H20S4/c1-3-10-5-7-12-9-13-8-6-11-4-2/h3-9H2,1-2H3. The fourth-order valence-corrected chi connectivity index (χ4v) is 4.58. The van der Waals surface area contributed by atoms with Crippen molar-refractivity contribution in [2.75, 3.05) is 39.6 Å². The minimum atomic E-state index is 1.26. The van der Waals surface area contributed by atoms with Crippen LogP contribution in [0.3, 0.4) is 0 Å². The topological polar surface area (TPSA) is 0 Å². The first kappa shape index (κ1) is 14.4. The summed E-state index contributed by atoms with van der Waals surface area (Å²) in [6, 6.07) is 0. The molecule has 0 aromatic carbocycles. The Balaban J connectivity index is 2.76. The molecule has 0 bridgehead atoms. The van der Waals surface area contributed by atoms with Crippen LogP contribution in [-0.4, -0.2) is 39.6 Å². The van der Waals surface area contributed by atoms with E-state index < -0.39 is 0 Å². The van der Waals surface area contributed by atoms with Crippen LogP contribution < -0.4 is 0 Å². The first-order chi connectivity index (χ1) is 6.41. The van der Waals surface area contributed by atoms with Gasteiger partial charge < -0.3 is 0 Å². The smallest absolute Gasteiger partial charge is 0.0392 e. The molecule has 80 valence electrons. The zero-order valence-corrected chi connectivity index (χ0v) is 11.8. The van der Waals surface area contributed by atoms with Crippen molar-refractivity contribution in [3.05, 3.63) is 0 Å². The van der Waals surface area contributed by atoms with Gasteiger partial charge in [-0.2, -0.15) is 47.0 Å². The third kappa shape index (κ3) is 13.4. The molecule has 0 radical (unpaired) electrons. The van der Waals surface area contributed by atoms with Crippen LogP contribution in [-0.2, 0) is 0 Å². The molecule has 0 saturated carbocycles. The summed E-state index contributed by atoms with van der Waals surface area (Å²) in [5, 5.41) is 1.29. The fraction of sp³-hybridized carbons (Fsp3) is 1.00. The maximum Gasteiger partial charge on any atom is 0.0392 e. The third-order valence-corrected chi connectivity index (χ3v) is 5.96. The molecule has 0 N–H and O–H groups in total. The summed E-state index contributed by atoms with van der Waals surface area (Å²) in [5.74, 6) is 7.83. The van der Waals surface area contributed by atoms with Crippen LogP contribution in [0.25, 0.3) is 0 Å². The van der Waals surface area contributed by atoms with Gasteiger partial charge in [0.05, 0.1) is 0 Å².